The quantitative estimate of drug-likeness (QED) is 0.450. The number of sulfonamides is 1. The summed E-state index contributed by atoms with van der Waals surface area (Å²) in [5.41, 5.74) is 1.86. The number of nitrogens with zero attached hydrogens (tertiary/aromatic N) is 3. The number of hydrogen-bond acceptors (Lipinski definition) is 6. The maximum atomic E-state index is 13.4. The molecule has 0 aliphatic carbocycles. The van der Waals surface area contributed by atoms with Gasteiger partial charge in [0.2, 0.25) is 22.7 Å². The summed E-state index contributed by atoms with van der Waals surface area (Å²) in [6, 6.07) is 19.6. The molecule has 194 valence electrons. The van der Waals surface area contributed by atoms with Crippen LogP contribution >= 0.6 is 0 Å². The van der Waals surface area contributed by atoms with E-state index in [1.807, 2.05) is 48.5 Å². The van der Waals surface area contributed by atoms with Crippen molar-refractivity contribution in [1.82, 2.24) is 14.1 Å². The van der Waals surface area contributed by atoms with Crippen molar-refractivity contribution in [2.24, 2.45) is 0 Å². The van der Waals surface area contributed by atoms with E-state index in [-0.39, 0.29) is 30.7 Å². The number of benzene rings is 3. The zero-order chi connectivity index (χ0) is 25.8. The van der Waals surface area contributed by atoms with Gasteiger partial charge in [-0.1, -0.05) is 36.4 Å². The highest BCUT2D eigenvalue weighted by molar-refractivity contribution is 7.89. The Morgan fingerprint density at radius 1 is 0.865 bits per heavy atom. The predicted octanol–water partition coefficient (Wildman–Crippen LogP) is 3.09. The molecule has 8 nitrogen and oxygen atoms in total. The minimum Gasteiger partial charge on any atom is -0.454 e. The second kappa shape index (κ2) is 10.9. The van der Waals surface area contributed by atoms with Gasteiger partial charge in [-0.2, -0.15) is 4.31 Å². The van der Waals surface area contributed by atoms with Crippen LogP contribution in [0.25, 0.3) is 0 Å². The van der Waals surface area contributed by atoms with Crippen LogP contribution in [0.4, 0.5) is 4.39 Å². The first kappa shape index (κ1) is 25.2. The first-order valence-electron chi connectivity index (χ1n) is 12.1. The van der Waals surface area contributed by atoms with Gasteiger partial charge in [0, 0.05) is 39.3 Å². The van der Waals surface area contributed by atoms with Gasteiger partial charge < -0.3 is 14.4 Å². The SMILES string of the molecule is O=C(CN(Cc1ccccc1)S(=O)(=O)c1ccc(F)cc1)N1CCN(Cc2ccc3c(c2)OCO3)CC1. The summed E-state index contributed by atoms with van der Waals surface area (Å²) in [5, 5.41) is 0. The Morgan fingerprint density at radius 2 is 1.57 bits per heavy atom. The van der Waals surface area contributed by atoms with Crippen molar-refractivity contribution in [3.63, 3.8) is 0 Å². The fourth-order valence-electron chi connectivity index (χ4n) is 4.47. The van der Waals surface area contributed by atoms with E-state index >= 15 is 0 Å². The minimum absolute atomic E-state index is 0.0381. The monoisotopic (exact) mass is 525 g/mol. The third-order valence-electron chi connectivity index (χ3n) is 6.53. The molecule has 3 aromatic rings. The zero-order valence-corrected chi connectivity index (χ0v) is 21.1. The summed E-state index contributed by atoms with van der Waals surface area (Å²) in [5.74, 6) is 0.703. The first-order valence-corrected chi connectivity index (χ1v) is 13.5. The molecule has 1 fully saturated rings. The minimum atomic E-state index is -4.02. The van der Waals surface area contributed by atoms with Crippen molar-refractivity contribution in [1.29, 1.82) is 0 Å². The molecule has 0 saturated carbocycles. The number of ether oxygens (including phenoxy) is 2. The Balaban J connectivity index is 1.24. The summed E-state index contributed by atoms with van der Waals surface area (Å²) >= 11 is 0. The summed E-state index contributed by atoms with van der Waals surface area (Å²) in [7, 11) is -4.02. The molecule has 3 aromatic carbocycles. The highest BCUT2D eigenvalue weighted by atomic mass is 32.2. The van der Waals surface area contributed by atoms with E-state index in [0.29, 0.717) is 26.2 Å². The number of hydrogen-bond donors (Lipinski definition) is 0. The number of rotatable bonds is 8. The van der Waals surface area contributed by atoms with E-state index < -0.39 is 15.8 Å². The number of carbonyl (C=O) groups excluding carboxylic acids is 1. The number of carbonyl (C=O) groups is 1. The molecule has 2 heterocycles. The van der Waals surface area contributed by atoms with Gasteiger partial charge in [0.05, 0.1) is 11.4 Å². The number of piperazine rings is 1. The van der Waals surface area contributed by atoms with Crippen LogP contribution in [-0.2, 0) is 27.9 Å². The molecule has 1 amide bonds. The molecule has 0 spiro atoms. The molecule has 5 rings (SSSR count). The second-order valence-corrected chi connectivity index (χ2v) is 11.0. The lowest BCUT2D eigenvalue weighted by molar-refractivity contribution is -0.133. The van der Waals surface area contributed by atoms with E-state index in [0.717, 1.165) is 45.6 Å². The second-order valence-electron chi connectivity index (χ2n) is 9.06. The van der Waals surface area contributed by atoms with Crippen LogP contribution < -0.4 is 9.47 Å². The predicted molar refractivity (Wildman–Crippen MR) is 135 cm³/mol. The lowest BCUT2D eigenvalue weighted by atomic mass is 10.1. The molecule has 1 saturated heterocycles. The van der Waals surface area contributed by atoms with E-state index in [9.17, 15) is 17.6 Å². The summed E-state index contributed by atoms with van der Waals surface area (Å²) in [6.07, 6.45) is 0. The molecule has 0 radical (unpaired) electrons. The van der Waals surface area contributed by atoms with Gasteiger partial charge in [0.1, 0.15) is 5.82 Å². The van der Waals surface area contributed by atoms with Crippen LogP contribution in [0.15, 0.2) is 77.7 Å². The smallest absolute Gasteiger partial charge is 0.243 e. The molecular formula is C27H28FN3O5S. The Kier molecular flexibility index (Phi) is 7.40. The van der Waals surface area contributed by atoms with Gasteiger partial charge in [-0.3, -0.25) is 9.69 Å². The third kappa shape index (κ3) is 5.93. The van der Waals surface area contributed by atoms with Crippen molar-refractivity contribution in [3.8, 4) is 11.5 Å². The lowest BCUT2D eigenvalue weighted by Gasteiger charge is -2.35. The summed E-state index contributed by atoms with van der Waals surface area (Å²) < 4.78 is 52.2. The number of amides is 1. The van der Waals surface area contributed by atoms with E-state index in [1.165, 1.54) is 12.1 Å². The van der Waals surface area contributed by atoms with Crippen molar-refractivity contribution < 1.29 is 27.1 Å². The molecule has 0 unspecified atom stereocenters. The van der Waals surface area contributed by atoms with Crippen LogP contribution in [0.1, 0.15) is 11.1 Å². The maximum Gasteiger partial charge on any atom is 0.243 e. The topological polar surface area (TPSA) is 79.4 Å². The largest absolute Gasteiger partial charge is 0.454 e. The van der Waals surface area contributed by atoms with E-state index in [2.05, 4.69) is 4.90 Å². The molecule has 37 heavy (non-hydrogen) atoms. The van der Waals surface area contributed by atoms with Gasteiger partial charge in [0.15, 0.2) is 11.5 Å². The van der Waals surface area contributed by atoms with Gasteiger partial charge in [-0.15, -0.1) is 0 Å². The van der Waals surface area contributed by atoms with Gasteiger partial charge in [-0.05, 0) is 47.5 Å². The average Bonchev–Trinajstić information content (AvgIpc) is 3.37. The number of halogens is 1. The Labute approximate surface area is 215 Å². The fourth-order valence-corrected chi connectivity index (χ4v) is 5.85. The van der Waals surface area contributed by atoms with E-state index in [1.54, 1.807) is 4.90 Å². The average molecular weight is 526 g/mol. The molecule has 2 aliphatic heterocycles. The number of fused-ring (bicyclic) bond motifs is 1. The van der Waals surface area contributed by atoms with Crippen molar-refractivity contribution in [2.45, 2.75) is 18.0 Å². The normalized spacial score (nSPS) is 15.8. The molecule has 10 heteroatoms. The van der Waals surface area contributed by atoms with Crippen molar-refractivity contribution in [2.75, 3.05) is 39.5 Å². The molecular weight excluding hydrogens is 497 g/mol. The van der Waals surface area contributed by atoms with Crippen LogP contribution in [-0.4, -0.2) is 67.9 Å². The van der Waals surface area contributed by atoms with Crippen LogP contribution in [0.5, 0.6) is 11.5 Å². The first-order chi connectivity index (χ1) is 17.9. The van der Waals surface area contributed by atoms with Crippen LogP contribution in [0.2, 0.25) is 0 Å². The van der Waals surface area contributed by atoms with Gasteiger partial charge >= 0.3 is 0 Å². The summed E-state index contributed by atoms with van der Waals surface area (Å²) in [4.78, 5) is 17.1. The van der Waals surface area contributed by atoms with Crippen LogP contribution in [0, 0.1) is 5.82 Å². The molecule has 0 atom stereocenters. The summed E-state index contributed by atoms with van der Waals surface area (Å²) in [6.45, 7) is 3.04. The standard InChI is InChI=1S/C27H28FN3O5S/c28-23-7-9-24(10-8-23)37(33,34)31(18-21-4-2-1-3-5-21)19-27(32)30-14-12-29(13-15-30)17-22-6-11-25-26(16-22)36-20-35-25/h1-11,16H,12-15,17-20H2. The maximum absolute atomic E-state index is 13.4. The lowest BCUT2D eigenvalue weighted by Crippen LogP contribution is -2.51. The Morgan fingerprint density at radius 3 is 2.30 bits per heavy atom. The highest BCUT2D eigenvalue weighted by Gasteiger charge is 2.30. The highest BCUT2D eigenvalue weighted by Crippen LogP contribution is 2.33. The van der Waals surface area contributed by atoms with Crippen molar-refractivity contribution in [3.05, 3.63) is 89.7 Å². The zero-order valence-electron chi connectivity index (χ0n) is 20.3. The van der Waals surface area contributed by atoms with Crippen molar-refractivity contribution >= 4 is 15.9 Å². The molecule has 0 N–H and O–H groups in total. The Bertz CT molecular complexity index is 1340. The van der Waals surface area contributed by atoms with Crippen LogP contribution in [0.3, 0.4) is 0 Å². The van der Waals surface area contributed by atoms with Gasteiger partial charge in [-0.25, -0.2) is 12.8 Å². The third-order valence-corrected chi connectivity index (χ3v) is 8.34. The Hall–Kier alpha value is -3.47. The molecule has 0 bridgehead atoms. The molecule has 0 aromatic heterocycles. The van der Waals surface area contributed by atoms with E-state index in [4.69, 9.17) is 9.47 Å². The fraction of sp³-hybridized carbons (Fsp3) is 0.296. The molecule has 2 aliphatic rings. The van der Waals surface area contributed by atoms with Gasteiger partial charge in [0.25, 0.3) is 0 Å².